The third-order valence-electron chi connectivity index (χ3n) is 5.68. The summed E-state index contributed by atoms with van der Waals surface area (Å²) < 4.78 is 32.1. The van der Waals surface area contributed by atoms with Crippen molar-refractivity contribution in [3.8, 4) is 0 Å². The number of anilines is 1. The van der Waals surface area contributed by atoms with Gasteiger partial charge in [0, 0.05) is 31.7 Å². The molecule has 1 saturated heterocycles. The number of ether oxygens (including phenoxy) is 1. The van der Waals surface area contributed by atoms with Gasteiger partial charge in [0.2, 0.25) is 15.9 Å². The summed E-state index contributed by atoms with van der Waals surface area (Å²) in [5.74, 6) is -0.0602. The fourth-order valence-electron chi connectivity index (χ4n) is 3.70. The Hall–Kier alpha value is -2.26. The highest BCUT2D eigenvalue weighted by Gasteiger charge is 2.26. The Kier molecular flexibility index (Phi) is 8.81. The van der Waals surface area contributed by atoms with E-state index in [9.17, 15) is 13.2 Å². The number of carbonyl (C=O) groups excluding carboxylic acids is 1. The van der Waals surface area contributed by atoms with Crippen LogP contribution in [0.15, 0.2) is 53.4 Å². The molecular formula is C24H33N3O4S. The SMILES string of the molecule is CCN(CC)Cc1cccc(NC(=O)CCc2ccc(S(=O)(=O)N3CCOCC3)cc2)c1. The Morgan fingerprint density at radius 3 is 2.38 bits per heavy atom. The summed E-state index contributed by atoms with van der Waals surface area (Å²) >= 11 is 0. The second-order valence-electron chi connectivity index (χ2n) is 7.87. The average Bonchev–Trinajstić information content (AvgIpc) is 2.82. The summed E-state index contributed by atoms with van der Waals surface area (Å²) in [6.07, 6.45) is 0.874. The lowest BCUT2D eigenvalue weighted by Gasteiger charge is -2.26. The molecule has 1 aliphatic rings. The van der Waals surface area contributed by atoms with Crippen LogP contribution in [-0.2, 0) is 32.5 Å². The van der Waals surface area contributed by atoms with E-state index in [2.05, 4.69) is 30.1 Å². The maximum Gasteiger partial charge on any atom is 0.243 e. The van der Waals surface area contributed by atoms with Crippen LogP contribution >= 0.6 is 0 Å². The number of nitrogens with one attached hydrogen (secondary N) is 1. The van der Waals surface area contributed by atoms with Gasteiger partial charge in [-0.3, -0.25) is 9.69 Å². The predicted molar refractivity (Wildman–Crippen MR) is 126 cm³/mol. The predicted octanol–water partition coefficient (Wildman–Crippen LogP) is 3.12. The van der Waals surface area contributed by atoms with E-state index in [1.165, 1.54) is 9.87 Å². The van der Waals surface area contributed by atoms with Crippen LogP contribution in [0.25, 0.3) is 0 Å². The van der Waals surface area contributed by atoms with Gasteiger partial charge in [-0.25, -0.2) is 8.42 Å². The molecule has 174 valence electrons. The van der Waals surface area contributed by atoms with Crippen molar-refractivity contribution < 1.29 is 17.9 Å². The van der Waals surface area contributed by atoms with Crippen LogP contribution in [0.5, 0.6) is 0 Å². The number of nitrogens with zero attached hydrogens (tertiary/aromatic N) is 2. The third kappa shape index (κ3) is 6.62. The van der Waals surface area contributed by atoms with Crippen molar-refractivity contribution in [3.05, 3.63) is 59.7 Å². The number of amides is 1. The minimum Gasteiger partial charge on any atom is -0.379 e. The highest BCUT2D eigenvalue weighted by Crippen LogP contribution is 2.19. The van der Waals surface area contributed by atoms with E-state index >= 15 is 0 Å². The van der Waals surface area contributed by atoms with Gasteiger partial charge in [-0.1, -0.05) is 38.1 Å². The van der Waals surface area contributed by atoms with Crippen LogP contribution < -0.4 is 5.32 Å². The zero-order valence-electron chi connectivity index (χ0n) is 18.9. The Morgan fingerprint density at radius 1 is 1.03 bits per heavy atom. The molecule has 0 saturated carbocycles. The molecule has 0 spiro atoms. The lowest BCUT2D eigenvalue weighted by molar-refractivity contribution is -0.116. The molecule has 3 rings (SSSR count). The van der Waals surface area contributed by atoms with Gasteiger partial charge < -0.3 is 10.1 Å². The van der Waals surface area contributed by atoms with Gasteiger partial charge in [-0.05, 0) is 54.9 Å². The van der Waals surface area contributed by atoms with E-state index in [-0.39, 0.29) is 10.8 Å². The topological polar surface area (TPSA) is 79.0 Å². The maximum atomic E-state index is 12.7. The van der Waals surface area contributed by atoms with E-state index in [0.717, 1.165) is 30.9 Å². The number of hydrogen-bond donors (Lipinski definition) is 1. The van der Waals surface area contributed by atoms with Crippen molar-refractivity contribution in [3.63, 3.8) is 0 Å². The zero-order chi connectivity index (χ0) is 23.0. The average molecular weight is 460 g/mol. The fraction of sp³-hybridized carbons (Fsp3) is 0.458. The molecular weight excluding hydrogens is 426 g/mol. The second kappa shape index (κ2) is 11.6. The van der Waals surface area contributed by atoms with Crippen molar-refractivity contribution in [1.82, 2.24) is 9.21 Å². The molecule has 1 aliphatic heterocycles. The Balaban J connectivity index is 1.53. The molecule has 2 aromatic rings. The first-order valence-electron chi connectivity index (χ1n) is 11.2. The van der Waals surface area contributed by atoms with Gasteiger partial charge in [0.1, 0.15) is 0 Å². The summed E-state index contributed by atoms with van der Waals surface area (Å²) in [6.45, 7) is 8.70. The van der Waals surface area contributed by atoms with E-state index in [0.29, 0.717) is 39.1 Å². The van der Waals surface area contributed by atoms with Gasteiger partial charge in [0.25, 0.3) is 0 Å². The van der Waals surface area contributed by atoms with E-state index in [4.69, 9.17) is 4.74 Å². The Labute approximate surface area is 191 Å². The summed E-state index contributed by atoms with van der Waals surface area (Å²) in [5, 5.41) is 2.97. The molecule has 1 N–H and O–H groups in total. The number of hydrogen-bond acceptors (Lipinski definition) is 5. The maximum absolute atomic E-state index is 12.7. The van der Waals surface area contributed by atoms with Crippen molar-refractivity contribution in [1.29, 1.82) is 0 Å². The second-order valence-corrected chi connectivity index (χ2v) is 9.81. The molecule has 2 aromatic carbocycles. The fourth-order valence-corrected chi connectivity index (χ4v) is 5.11. The standard InChI is InChI=1S/C24H33N3O4S/c1-3-26(4-2)19-21-6-5-7-22(18-21)25-24(28)13-10-20-8-11-23(12-9-20)32(29,30)27-14-16-31-17-15-27/h5-9,11-12,18H,3-4,10,13-17,19H2,1-2H3,(H,25,28). The van der Waals surface area contributed by atoms with Crippen LogP contribution in [0.3, 0.4) is 0 Å². The van der Waals surface area contributed by atoms with Crippen LogP contribution in [0.4, 0.5) is 5.69 Å². The first-order chi connectivity index (χ1) is 15.4. The Bertz CT molecular complexity index is 983. The van der Waals surface area contributed by atoms with Gasteiger partial charge in [-0.15, -0.1) is 0 Å². The minimum atomic E-state index is -3.50. The number of carbonyl (C=O) groups is 1. The highest BCUT2D eigenvalue weighted by atomic mass is 32.2. The van der Waals surface area contributed by atoms with Gasteiger partial charge >= 0.3 is 0 Å². The summed E-state index contributed by atoms with van der Waals surface area (Å²) in [5.41, 5.74) is 2.89. The molecule has 7 nitrogen and oxygen atoms in total. The molecule has 0 aliphatic carbocycles. The van der Waals surface area contributed by atoms with Crippen molar-refractivity contribution >= 4 is 21.6 Å². The largest absolute Gasteiger partial charge is 0.379 e. The van der Waals surface area contributed by atoms with E-state index in [1.54, 1.807) is 24.3 Å². The normalized spacial score (nSPS) is 15.1. The lowest BCUT2D eigenvalue weighted by Crippen LogP contribution is -2.40. The summed E-state index contributed by atoms with van der Waals surface area (Å²) in [6, 6.07) is 14.7. The molecule has 0 aromatic heterocycles. The molecule has 1 amide bonds. The smallest absolute Gasteiger partial charge is 0.243 e. The highest BCUT2D eigenvalue weighted by molar-refractivity contribution is 7.89. The third-order valence-corrected chi connectivity index (χ3v) is 7.60. The molecule has 32 heavy (non-hydrogen) atoms. The van der Waals surface area contributed by atoms with Crippen LogP contribution in [-0.4, -0.2) is 62.9 Å². The van der Waals surface area contributed by atoms with E-state index < -0.39 is 10.0 Å². The quantitative estimate of drug-likeness (QED) is 0.591. The van der Waals surface area contributed by atoms with E-state index in [1.807, 2.05) is 18.2 Å². The van der Waals surface area contributed by atoms with Crippen LogP contribution in [0, 0.1) is 0 Å². The van der Waals surface area contributed by atoms with Crippen molar-refractivity contribution in [2.45, 2.75) is 38.1 Å². The van der Waals surface area contributed by atoms with Crippen molar-refractivity contribution in [2.75, 3.05) is 44.7 Å². The molecule has 8 heteroatoms. The molecule has 0 bridgehead atoms. The summed E-state index contributed by atoms with van der Waals surface area (Å²) in [4.78, 5) is 15.0. The Morgan fingerprint density at radius 2 is 1.72 bits per heavy atom. The first kappa shape index (κ1) is 24.4. The summed E-state index contributed by atoms with van der Waals surface area (Å²) in [7, 11) is -3.50. The zero-order valence-corrected chi connectivity index (χ0v) is 19.7. The van der Waals surface area contributed by atoms with Crippen LogP contribution in [0.1, 0.15) is 31.4 Å². The molecule has 0 unspecified atom stereocenters. The monoisotopic (exact) mass is 459 g/mol. The number of morpholine rings is 1. The first-order valence-corrected chi connectivity index (χ1v) is 12.6. The molecule has 1 heterocycles. The number of rotatable bonds is 10. The molecule has 0 atom stereocenters. The van der Waals surface area contributed by atoms with Gasteiger partial charge in [0.05, 0.1) is 18.1 Å². The number of sulfonamides is 1. The van der Waals surface area contributed by atoms with Crippen LogP contribution in [0.2, 0.25) is 0 Å². The van der Waals surface area contributed by atoms with Crippen molar-refractivity contribution in [2.24, 2.45) is 0 Å². The molecule has 0 radical (unpaired) electrons. The lowest BCUT2D eigenvalue weighted by atomic mass is 10.1. The minimum absolute atomic E-state index is 0.0602. The van der Waals surface area contributed by atoms with Gasteiger partial charge in [-0.2, -0.15) is 4.31 Å². The number of aryl methyl sites for hydroxylation is 1. The number of benzene rings is 2. The molecule has 1 fully saturated rings. The van der Waals surface area contributed by atoms with Gasteiger partial charge in [0.15, 0.2) is 0 Å².